The van der Waals surface area contributed by atoms with Crippen LogP contribution in [0.15, 0.2) is 84.6 Å². The third kappa shape index (κ3) is 4.30. The molecule has 170 valence electrons. The highest BCUT2D eigenvalue weighted by atomic mass is 19.1. The monoisotopic (exact) mass is 464 g/mol. The van der Waals surface area contributed by atoms with E-state index >= 15 is 0 Å². The van der Waals surface area contributed by atoms with Crippen LogP contribution in [0.4, 0.5) is 4.39 Å². The maximum atomic E-state index is 13.4. The van der Waals surface area contributed by atoms with Crippen molar-refractivity contribution >= 4 is 33.5 Å². The van der Waals surface area contributed by atoms with Gasteiger partial charge in [0, 0.05) is 10.9 Å². The van der Waals surface area contributed by atoms with E-state index in [1.807, 2.05) is 18.2 Å². The molecule has 5 rings (SSSR count). The summed E-state index contributed by atoms with van der Waals surface area (Å²) in [6, 6.07) is 23.5. The van der Waals surface area contributed by atoms with Gasteiger partial charge in [0.2, 0.25) is 0 Å². The first kappa shape index (κ1) is 21.8. The number of aliphatic hydroxyl groups is 1. The van der Waals surface area contributed by atoms with Gasteiger partial charge in [0.1, 0.15) is 24.1 Å². The van der Waals surface area contributed by atoms with Crippen molar-refractivity contribution in [2.24, 2.45) is 0 Å². The normalized spacial score (nSPS) is 11.8. The summed E-state index contributed by atoms with van der Waals surface area (Å²) in [7, 11) is 0. The Hall–Kier alpha value is -5.03. The molecule has 0 aliphatic rings. The zero-order valence-corrected chi connectivity index (χ0v) is 18.2. The number of ether oxygens (including phenoxy) is 1. The fourth-order valence-electron chi connectivity index (χ4n) is 3.72. The molecular formula is C27H17FN4O3. The molecule has 0 atom stereocenters. The predicted molar refractivity (Wildman–Crippen MR) is 129 cm³/mol. The highest BCUT2D eigenvalue weighted by Crippen LogP contribution is 2.26. The van der Waals surface area contributed by atoms with Gasteiger partial charge in [-0.25, -0.2) is 19.2 Å². The number of fused-ring (bicyclic) bond motifs is 2. The molecule has 3 aromatic carbocycles. The number of nitriles is 1. The number of carbonyl (C=O) groups excluding carboxylic acids is 1. The van der Waals surface area contributed by atoms with Crippen molar-refractivity contribution in [3.8, 4) is 17.3 Å². The molecule has 0 spiro atoms. The van der Waals surface area contributed by atoms with Crippen LogP contribution in [-0.2, 0) is 4.74 Å². The maximum absolute atomic E-state index is 13.4. The summed E-state index contributed by atoms with van der Waals surface area (Å²) < 4.78 is 18.7. The minimum atomic E-state index is -0.708. The number of nitrogens with one attached hydrogen (secondary N) is 1. The second-order valence-electron chi connectivity index (χ2n) is 7.69. The Labute approximate surface area is 198 Å². The average molecular weight is 464 g/mol. The molecule has 0 aliphatic carbocycles. The van der Waals surface area contributed by atoms with Crippen LogP contribution < -0.4 is 0 Å². The second-order valence-corrected chi connectivity index (χ2v) is 7.69. The molecule has 7 nitrogen and oxygen atoms in total. The number of nitrogens with zero attached hydrogens (tertiary/aromatic N) is 3. The number of pyridine rings is 1. The van der Waals surface area contributed by atoms with Crippen molar-refractivity contribution in [1.29, 1.82) is 5.26 Å². The quantitative estimate of drug-likeness (QED) is 0.200. The predicted octanol–water partition coefficient (Wildman–Crippen LogP) is 5.57. The van der Waals surface area contributed by atoms with Crippen molar-refractivity contribution in [2.75, 3.05) is 6.61 Å². The standard InChI is InChI=1S/C27H17FN4O3/c28-17-11-9-16(10-12-17)24-13-19(18-5-1-2-6-21(18)30-24)27(34)35-15-25(33)20(14-29)26-31-22-7-3-4-8-23(22)32-26/h1-13,33H,15H2,(H,31,32)/b25-20-. The van der Waals surface area contributed by atoms with Crippen LogP contribution in [0.2, 0.25) is 0 Å². The van der Waals surface area contributed by atoms with Crippen LogP contribution in [-0.4, -0.2) is 32.6 Å². The largest absolute Gasteiger partial charge is 0.507 e. The third-order valence-corrected chi connectivity index (χ3v) is 5.44. The van der Waals surface area contributed by atoms with Gasteiger partial charge in [-0.15, -0.1) is 0 Å². The summed E-state index contributed by atoms with van der Waals surface area (Å²) >= 11 is 0. The molecule has 0 fully saturated rings. The number of carbonyl (C=O) groups is 1. The van der Waals surface area contributed by atoms with Gasteiger partial charge in [-0.05, 0) is 48.5 Å². The summed E-state index contributed by atoms with van der Waals surface area (Å²) in [5.74, 6) is -1.35. The summed E-state index contributed by atoms with van der Waals surface area (Å²) in [5, 5.41) is 20.7. The van der Waals surface area contributed by atoms with Crippen molar-refractivity contribution < 1.29 is 19.0 Å². The van der Waals surface area contributed by atoms with Gasteiger partial charge in [0.15, 0.2) is 11.6 Å². The van der Waals surface area contributed by atoms with Gasteiger partial charge in [-0.3, -0.25) is 0 Å². The number of aliphatic hydroxyl groups excluding tert-OH is 1. The van der Waals surface area contributed by atoms with E-state index in [1.54, 1.807) is 54.6 Å². The van der Waals surface area contributed by atoms with Gasteiger partial charge in [-0.2, -0.15) is 5.26 Å². The molecule has 0 unspecified atom stereocenters. The number of rotatable bonds is 5. The zero-order valence-electron chi connectivity index (χ0n) is 18.2. The molecule has 0 amide bonds. The van der Waals surface area contributed by atoms with E-state index in [9.17, 15) is 19.6 Å². The summed E-state index contributed by atoms with van der Waals surface area (Å²) in [4.78, 5) is 24.9. The van der Waals surface area contributed by atoms with Gasteiger partial charge >= 0.3 is 5.97 Å². The van der Waals surface area contributed by atoms with Crippen LogP contribution in [0.3, 0.4) is 0 Å². The van der Waals surface area contributed by atoms with Gasteiger partial charge < -0.3 is 14.8 Å². The van der Waals surface area contributed by atoms with Crippen molar-refractivity contribution in [3.63, 3.8) is 0 Å². The number of H-pyrrole nitrogens is 1. The van der Waals surface area contributed by atoms with Crippen molar-refractivity contribution in [1.82, 2.24) is 15.0 Å². The van der Waals surface area contributed by atoms with Crippen LogP contribution in [0.5, 0.6) is 0 Å². The number of aromatic nitrogens is 3. The second kappa shape index (κ2) is 9.08. The number of allylic oxidation sites excluding steroid dienone is 1. The van der Waals surface area contributed by atoms with E-state index in [0.717, 1.165) is 0 Å². The Balaban J connectivity index is 1.46. The number of hydrogen-bond acceptors (Lipinski definition) is 6. The molecule has 2 aromatic heterocycles. The minimum absolute atomic E-state index is 0.124. The molecule has 5 aromatic rings. The van der Waals surface area contributed by atoms with Crippen LogP contribution in [0.25, 0.3) is 38.8 Å². The Bertz CT molecular complexity index is 1620. The molecule has 35 heavy (non-hydrogen) atoms. The smallest absolute Gasteiger partial charge is 0.339 e. The van der Waals surface area contributed by atoms with Crippen molar-refractivity contribution in [2.45, 2.75) is 0 Å². The molecule has 2 heterocycles. The van der Waals surface area contributed by atoms with Gasteiger partial charge in [0.25, 0.3) is 0 Å². The summed E-state index contributed by atoms with van der Waals surface area (Å²) in [6.07, 6.45) is 0. The molecule has 0 aliphatic heterocycles. The van der Waals surface area contributed by atoms with E-state index in [4.69, 9.17) is 4.74 Å². The van der Waals surface area contributed by atoms with E-state index in [2.05, 4.69) is 15.0 Å². The van der Waals surface area contributed by atoms with Crippen LogP contribution in [0.1, 0.15) is 16.2 Å². The lowest BCUT2D eigenvalue weighted by atomic mass is 10.0. The molecule has 0 saturated heterocycles. The lowest BCUT2D eigenvalue weighted by molar-refractivity contribution is 0.0505. The van der Waals surface area contributed by atoms with Crippen LogP contribution in [0, 0.1) is 17.1 Å². The fourth-order valence-corrected chi connectivity index (χ4v) is 3.72. The van der Waals surface area contributed by atoms with Crippen molar-refractivity contribution in [3.05, 3.63) is 102 Å². The summed E-state index contributed by atoms with van der Waals surface area (Å²) in [6.45, 7) is -0.526. The number of benzene rings is 3. The first-order chi connectivity index (χ1) is 17.0. The Morgan fingerprint density at radius 1 is 1.00 bits per heavy atom. The first-order valence-corrected chi connectivity index (χ1v) is 10.6. The molecular weight excluding hydrogens is 447 g/mol. The van der Waals surface area contributed by atoms with E-state index in [-0.39, 0.29) is 22.8 Å². The molecule has 0 saturated carbocycles. The molecule has 0 radical (unpaired) electrons. The lowest BCUT2D eigenvalue weighted by Crippen LogP contribution is -2.10. The zero-order chi connectivity index (χ0) is 24.4. The molecule has 0 bridgehead atoms. The number of esters is 1. The minimum Gasteiger partial charge on any atom is -0.507 e. The lowest BCUT2D eigenvalue weighted by Gasteiger charge is -2.10. The SMILES string of the molecule is N#C/C(=C(/O)COC(=O)c1cc(-c2ccc(F)cc2)nc2ccccc12)c1nc2ccccc2[nH]1. The van der Waals surface area contributed by atoms with Crippen LogP contribution >= 0.6 is 0 Å². The Morgan fingerprint density at radius 2 is 1.71 bits per heavy atom. The average Bonchev–Trinajstić information content (AvgIpc) is 3.31. The number of aromatic amines is 1. The first-order valence-electron chi connectivity index (χ1n) is 10.6. The Morgan fingerprint density at radius 3 is 2.46 bits per heavy atom. The number of hydrogen-bond donors (Lipinski definition) is 2. The molecule has 8 heteroatoms. The fraction of sp³-hybridized carbons (Fsp3) is 0.0370. The van der Waals surface area contributed by atoms with E-state index in [0.29, 0.717) is 33.2 Å². The van der Waals surface area contributed by atoms with E-state index in [1.165, 1.54) is 12.1 Å². The highest BCUT2D eigenvalue weighted by Gasteiger charge is 2.18. The third-order valence-electron chi connectivity index (χ3n) is 5.44. The number of halogens is 1. The van der Waals surface area contributed by atoms with Gasteiger partial charge in [0.05, 0.1) is 27.8 Å². The number of imidazole rings is 1. The highest BCUT2D eigenvalue weighted by molar-refractivity contribution is 6.04. The molecule has 2 N–H and O–H groups in total. The number of para-hydroxylation sites is 3. The maximum Gasteiger partial charge on any atom is 0.339 e. The van der Waals surface area contributed by atoms with Gasteiger partial charge in [-0.1, -0.05) is 30.3 Å². The summed E-state index contributed by atoms with van der Waals surface area (Å²) in [5.41, 5.74) is 3.10. The van der Waals surface area contributed by atoms with E-state index < -0.39 is 18.3 Å². The Kier molecular flexibility index (Phi) is 5.65. The topological polar surface area (TPSA) is 112 Å².